The van der Waals surface area contributed by atoms with Crippen molar-refractivity contribution in [1.82, 2.24) is 9.88 Å². The lowest BCUT2D eigenvalue weighted by Gasteiger charge is -2.35. The number of aliphatic hydroxyl groups is 1. The summed E-state index contributed by atoms with van der Waals surface area (Å²) < 4.78 is 22.8. The molecule has 1 aromatic carbocycles. The van der Waals surface area contributed by atoms with E-state index >= 15 is 0 Å². The zero-order valence-electron chi connectivity index (χ0n) is 18.3. The Hall–Kier alpha value is -2.51. The summed E-state index contributed by atoms with van der Waals surface area (Å²) >= 11 is 0. The van der Waals surface area contributed by atoms with Crippen molar-refractivity contribution in [2.75, 3.05) is 27.0 Å². The van der Waals surface area contributed by atoms with Crippen LogP contribution >= 0.6 is 0 Å². The molecule has 1 aromatic heterocycles. The molecule has 0 radical (unpaired) electrons. The third kappa shape index (κ3) is 4.04. The van der Waals surface area contributed by atoms with Gasteiger partial charge in [-0.1, -0.05) is 0 Å². The van der Waals surface area contributed by atoms with Crippen molar-refractivity contribution < 1.29 is 24.1 Å². The van der Waals surface area contributed by atoms with Crippen molar-refractivity contribution in [2.24, 2.45) is 11.8 Å². The zero-order chi connectivity index (χ0) is 21.5. The molecule has 1 aliphatic carbocycles. The van der Waals surface area contributed by atoms with E-state index in [1.165, 1.54) is 0 Å². The summed E-state index contributed by atoms with van der Waals surface area (Å²) in [7, 11) is 1.65. The number of likely N-dealkylation sites (tertiary alicyclic amines) is 1. The summed E-state index contributed by atoms with van der Waals surface area (Å²) in [5.74, 6) is 3.93. The molecule has 1 saturated heterocycles. The normalized spacial score (nSPS) is 27.2. The Morgan fingerprint density at radius 3 is 2.68 bits per heavy atom. The summed E-state index contributed by atoms with van der Waals surface area (Å²) in [5.41, 5.74) is 2.99. The van der Waals surface area contributed by atoms with E-state index in [1.807, 2.05) is 38.1 Å². The molecule has 4 atom stereocenters. The number of nitrogens with zero attached hydrogens (tertiary/aromatic N) is 2. The number of aliphatic hydroxyl groups excluding tert-OH is 1. The number of ether oxygens (including phenoxy) is 4. The highest BCUT2D eigenvalue weighted by Gasteiger charge is 2.42. The van der Waals surface area contributed by atoms with Gasteiger partial charge >= 0.3 is 0 Å². The first-order chi connectivity index (χ1) is 15.0. The standard InChI is InChI=1S/C24H30N2O5/c1-14-4-5-20(15(2)25-14)31-21-9-18-12-26(11-17(18)8-19(21)27)10-16-6-22(28-3)24-23(7-16)29-13-30-24/h4-7,17-19,21,27H,8-13H2,1-3H3/t17-,18+,19+,21+/m0/s1. The van der Waals surface area contributed by atoms with Crippen molar-refractivity contribution in [3.05, 3.63) is 41.2 Å². The van der Waals surface area contributed by atoms with Gasteiger partial charge < -0.3 is 24.1 Å². The van der Waals surface area contributed by atoms with Gasteiger partial charge in [-0.05, 0) is 68.4 Å². The second kappa shape index (κ2) is 8.20. The Morgan fingerprint density at radius 1 is 1.10 bits per heavy atom. The third-order valence-corrected chi connectivity index (χ3v) is 6.74. The van der Waals surface area contributed by atoms with Gasteiger partial charge in [0.1, 0.15) is 11.9 Å². The minimum atomic E-state index is -0.451. The molecule has 3 heterocycles. The molecule has 2 aromatic rings. The molecule has 31 heavy (non-hydrogen) atoms. The average Bonchev–Trinajstić information content (AvgIpc) is 3.35. The number of methoxy groups -OCH3 is 1. The van der Waals surface area contributed by atoms with Crippen LogP contribution in [0.2, 0.25) is 0 Å². The van der Waals surface area contributed by atoms with E-state index in [1.54, 1.807) is 7.11 Å². The van der Waals surface area contributed by atoms with Crippen LogP contribution in [0.5, 0.6) is 23.0 Å². The van der Waals surface area contributed by atoms with Crippen molar-refractivity contribution in [3.63, 3.8) is 0 Å². The predicted octanol–water partition coefficient (Wildman–Crippen LogP) is 3.09. The molecular formula is C24H30N2O5. The minimum absolute atomic E-state index is 0.185. The summed E-state index contributed by atoms with van der Waals surface area (Å²) in [6.07, 6.45) is 0.997. The van der Waals surface area contributed by atoms with Gasteiger partial charge in [-0.25, -0.2) is 0 Å². The lowest BCUT2D eigenvalue weighted by atomic mass is 9.78. The fourth-order valence-corrected chi connectivity index (χ4v) is 5.24. The van der Waals surface area contributed by atoms with Crippen molar-refractivity contribution >= 4 is 0 Å². The SMILES string of the molecule is COc1cc(CN2C[C@H]3C[C@@H](Oc4ccc(C)nc4C)[C@H](O)C[C@H]3C2)cc2c1OCO2. The molecule has 7 nitrogen and oxygen atoms in total. The van der Waals surface area contributed by atoms with Gasteiger partial charge in [-0.3, -0.25) is 9.88 Å². The molecule has 2 aliphatic heterocycles. The van der Waals surface area contributed by atoms with Crippen LogP contribution < -0.4 is 18.9 Å². The minimum Gasteiger partial charge on any atom is -0.493 e. The van der Waals surface area contributed by atoms with Gasteiger partial charge in [0.15, 0.2) is 11.5 Å². The van der Waals surface area contributed by atoms with E-state index in [0.29, 0.717) is 23.3 Å². The van der Waals surface area contributed by atoms with E-state index < -0.39 is 6.10 Å². The van der Waals surface area contributed by atoms with E-state index in [2.05, 4.69) is 9.88 Å². The predicted molar refractivity (Wildman–Crippen MR) is 115 cm³/mol. The zero-order valence-corrected chi connectivity index (χ0v) is 18.3. The summed E-state index contributed by atoms with van der Waals surface area (Å²) in [6, 6.07) is 7.99. The lowest BCUT2D eigenvalue weighted by Crippen LogP contribution is -2.42. The fraction of sp³-hybridized carbons (Fsp3) is 0.542. The third-order valence-electron chi connectivity index (χ3n) is 6.74. The largest absolute Gasteiger partial charge is 0.493 e. The summed E-state index contributed by atoms with van der Waals surface area (Å²) in [4.78, 5) is 6.94. The Morgan fingerprint density at radius 2 is 1.90 bits per heavy atom. The summed E-state index contributed by atoms with van der Waals surface area (Å²) in [6.45, 7) is 6.97. The highest BCUT2D eigenvalue weighted by Crippen LogP contribution is 2.43. The van der Waals surface area contributed by atoms with Crippen LogP contribution in [0.25, 0.3) is 0 Å². The molecular weight excluding hydrogens is 396 g/mol. The molecule has 7 heteroatoms. The van der Waals surface area contributed by atoms with Gasteiger partial charge in [0.2, 0.25) is 12.5 Å². The Bertz CT molecular complexity index is 965. The highest BCUT2D eigenvalue weighted by molar-refractivity contribution is 5.55. The number of hydrogen-bond donors (Lipinski definition) is 1. The molecule has 0 bridgehead atoms. The van der Waals surface area contributed by atoms with Gasteiger partial charge in [-0.2, -0.15) is 0 Å². The number of aryl methyl sites for hydroxylation is 2. The average molecular weight is 427 g/mol. The van der Waals surface area contributed by atoms with Crippen molar-refractivity contribution in [2.45, 2.75) is 45.4 Å². The van der Waals surface area contributed by atoms with Gasteiger partial charge in [0, 0.05) is 25.3 Å². The monoisotopic (exact) mass is 426 g/mol. The maximum atomic E-state index is 10.8. The van der Waals surface area contributed by atoms with Gasteiger partial charge in [0.05, 0.1) is 18.9 Å². The summed E-state index contributed by atoms with van der Waals surface area (Å²) in [5, 5.41) is 10.8. The molecule has 3 aliphatic rings. The Labute approximate surface area is 182 Å². The Kier molecular flexibility index (Phi) is 5.40. The molecule has 1 saturated carbocycles. The van der Waals surface area contributed by atoms with Crippen molar-refractivity contribution in [3.8, 4) is 23.0 Å². The number of hydrogen-bond acceptors (Lipinski definition) is 7. The van der Waals surface area contributed by atoms with Crippen LogP contribution in [0.3, 0.4) is 0 Å². The van der Waals surface area contributed by atoms with Crippen LogP contribution in [-0.4, -0.2) is 54.2 Å². The maximum absolute atomic E-state index is 10.8. The van der Waals surface area contributed by atoms with Gasteiger partial charge in [0.25, 0.3) is 0 Å². The van der Waals surface area contributed by atoms with Gasteiger partial charge in [-0.15, -0.1) is 0 Å². The molecule has 2 fully saturated rings. The first-order valence-corrected chi connectivity index (χ1v) is 11.0. The molecule has 166 valence electrons. The number of pyridine rings is 1. The van der Waals surface area contributed by atoms with Crippen LogP contribution in [0.4, 0.5) is 0 Å². The first kappa shape index (κ1) is 20.4. The second-order valence-corrected chi connectivity index (χ2v) is 8.98. The Balaban J connectivity index is 1.25. The second-order valence-electron chi connectivity index (χ2n) is 8.98. The van der Waals surface area contributed by atoms with E-state index in [9.17, 15) is 5.11 Å². The van der Waals surface area contributed by atoms with Crippen LogP contribution in [-0.2, 0) is 6.54 Å². The number of benzene rings is 1. The number of rotatable bonds is 5. The van der Waals surface area contributed by atoms with Crippen LogP contribution in [0.15, 0.2) is 24.3 Å². The molecule has 0 spiro atoms. The molecule has 0 unspecified atom stereocenters. The maximum Gasteiger partial charge on any atom is 0.231 e. The molecule has 5 rings (SSSR count). The fourth-order valence-electron chi connectivity index (χ4n) is 5.24. The number of aromatic nitrogens is 1. The van der Waals surface area contributed by atoms with Crippen LogP contribution in [0, 0.1) is 25.7 Å². The van der Waals surface area contributed by atoms with Crippen LogP contribution in [0.1, 0.15) is 29.8 Å². The smallest absolute Gasteiger partial charge is 0.231 e. The lowest BCUT2D eigenvalue weighted by molar-refractivity contribution is -0.0236. The van der Waals surface area contributed by atoms with E-state index in [4.69, 9.17) is 18.9 Å². The highest BCUT2D eigenvalue weighted by atomic mass is 16.7. The van der Waals surface area contributed by atoms with E-state index in [-0.39, 0.29) is 12.9 Å². The molecule has 0 amide bonds. The van der Waals surface area contributed by atoms with Crippen molar-refractivity contribution in [1.29, 1.82) is 0 Å². The number of fused-ring (bicyclic) bond motifs is 2. The van der Waals surface area contributed by atoms with E-state index in [0.717, 1.165) is 60.9 Å². The molecule has 1 N–H and O–H groups in total. The topological polar surface area (TPSA) is 73.3 Å². The quantitative estimate of drug-likeness (QED) is 0.788. The first-order valence-electron chi connectivity index (χ1n) is 11.0.